The molecule has 2 nitrogen and oxygen atoms in total. The van der Waals surface area contributed by atoms with E-state index in [2.05, 4.69) is 4.98 Å². The highest BCUT2D eigenvalue weighted by Crippen LogP contribution is 2.51. The highest BCUT2D eigenvalue weighted by atomic mass is 19.3. The number of aromatic amines is 1. The van der Waals surface area contributed by atoms with Gasteiger partial charge in [0.25, 0.3) is 5.92 Å². The van der Waals surface area contributed by atoms with Gasteiger partial charge in [-0.1, -0.05) is 12.1 Å². The molecule has 1 aromatic carbocycles. The molecule has 1 saturated carbocycles. The standard InChI is InChI=1S/C12H12F2N2/c13-12(14)6-11(15,7-12)9-2-1-3-10-8(9)4-5-16-10/h1-5,16H,6-7,15H2. The maximum Gasteiger partial charge on any atom is 0.252 e. The monoisotopic (exact) mass is 222 g/mol. The molecule has 1 heterocycles. The Balaban J connectivity index is 2.10. The number of fused-ring (bicyclic) bond motifs is 1. The van der Waals surface area contributed by atoms with Crippen molar-refractivity contribution in [1.29, 1.82) is 0 Å². The van der Waals surface area contributed by atoms with Crippen LogP contribution in [0.5, 0.6) is 0 Å². The van der Waals surface area contributed by atoms with Crippen molar-refractivity contribution in [3.8, 4) is 0 Å². The van der Waals surface area contributed by atoms with Crippen LogP contribution in [0.2, 0.25) is 0 Å². The highest BCUT2D eigenvalue weighted by molar-refractivity contribution is 5.84. The summed E-state index contributed by atoms with van der Waals surface area (Å²) in [6.45, 7) is 0. The summed E-state index contributed by atoms with van der Waals surface area (Å²) in [6.07, 6.45) is 1.28. The van der Waals surface area contributed by atoms with Gasteiger partial charge in [0.2, 0.25) is 0 Å². The Kier molecular flexibility index (Phi) is 1.73. The van der Waals surface area contributed by atoms with Crippen LogP contribution in [-0.2, 0) is 5.54 Å². The molecule has 1 aliphatic rings. The normalized spacial score (nSPS) is 21.9. The van der Waals surface area contributed by atoms with Gasteiger partial charge in [-0.15, -0.1) is 0 Å². The third-order valence-electron chi connectivity index (χ3n) is 3.28. The zero-order chi connectivity index (χ0) is 11.4. The number of H-pyrrole nitrogens is 1. The third-order valence-corrected chi connectivity index (χ3v) is 3.28. The first-order valence-electron chi connectivity index (χ1n) is 5.24. The molecule has 1 aliphatic carbocycles. The van der Waals surface area contributed by atoms with E-state index in [0.29, 0.717) is 0 Å². The van der Waals surface area contributed by atoms with Crippen LogP contribution in [0, 0.1) is 0 Å². The molecule has 0 aliphatic heterocycles. The average molecular weight is 222 g/mol. The first-order chi connectivity index (χ1) is 7.50. The number of hydrogen-bond acceptors (Lipinski definition) is 1. The summed E-state index contributed by atoms with van der Waals surface area (Å²) in [5.41, 5.74) is 6.92. The zero-order valence-electron chi connectivity index (χ0n) is 8.63. The van der Waals surface area contributed by atoms with Crippen LogP contribution in [0.1, 0.15) is 18.4 Å². The van der Waals surface area contributed by atoms with Crippen LogP contribution in [0.15, 0.2) is 30.5 Å². The summed E-state index contributed by atoms with van der Waals surface area (Å²) in [4.78, 5) is 3.06. The summed E-state index contributed by atoms with van der Waals surface area (Å²) in [5.74, 6) is -2.60. The van der Waals surface area contributed by atoms with E-state index in [1.807, 2.05) is 24.3 Å². The Morgan fingerprint density at radius 2 is 1.94 bits per heavy atom. The zero-order valence-corrected chi connectivity index (χ0v) is 8.63. The van der Waals surface area contributed by atoms with Crippen molar-refractivity contribution in [2.75, 3.05) is 0 Å². The number of hydrogen-bond donors (Lipinski definition) is 2. The minimum Gasteiger partial charge on any atom is -0.361 e. The Bertz CT molecular complexity index is 537. The Labute approximate surface area is 91.4 Å². The predicted octanol–water partition coefficient (Wildman–Crippen LogP) is 2.75. The number of rotatable bonds is 1. The Morgan fingerprint density at radius 3 is 2.62 bits per heavy atom. The SMILES string of the molecule is NC1(c2cccc3[nH]ccc23)CC(F)(F)C1. The van der Waals surface area contributed by atoms with Crippen LogP contribution in [0.4, 0.5) is 8.78 Å². The highest BCUT2D eigenvalue weighted by Gasteiger charge is 2.55. The van der Waals surface area contributed by atoms with Crippen molar-refractivity contribution in [3.63, 3.8) is 0 Å². The fourth-order valence-corrected chi connectivity index (χ4v) is 2.58. The van der Waals surface area contributed by atoms with Gasteiger partial charge in [0.05, 0.1) is 5.54 Å². The second kappa shape index (κ2) is 2.83. The fourth-order valence-electron chi connectivity index (χ4n) is 2.58. The fraction of sp³-hybridized carbons (Fsp3) is 0.333. The van der Waals surface area contributed by atoms with Crippen molar-refractivity contribution in [2.24, 2.45) is 5.73 Å². The van der Waals surface area contributed by atoms with Gasteiger partial charge in [0, 0.05) is 29.9 Å². The van der Waals surface area contributed by atoms with Crippen LogP contribution in [0.25, 0.3) is 10.9 Å². The molecule has 3 rings (SSSR count). The van der Waals surface area contributed by atoms with Crippen LogP contribution in [0.3, 0.4) is 0 Å². The average Bonchev–Trinajstić information content (AvgIpc) is 2.60. The Morgan fingerprint density at radius 1 is 1.19 bits per heavy atom. The largest absolute Gasteiger partial charge is 0.361 e. The van der Waals surface area contributed by atoms with Gasteiger partial charge in [0.1, 0.15) is 0 Å². The molecule has 1 fully saturated rings. The molecule has 3 N–H and O–H groups in total. The molecule has 0 amide bonds. The van der Waals surface area contributed by atoms with Crippen molar-refractivity contribution < 1.29 is 8.78 Å². The number of alkyl halides is 2. The molecule has 16 heavy (non-hydrogen) atoms. The molecule has 1 aromatic heterocycles. The van der Waals surface area contributed by atoms with Crippen molar-refractivity contribution in [3.05, 3.63) is 36.0 Å². The number of aromatic nitrogens is 1. The third kappa shape index (κ3) is 1.26. The van der Waals surface area contributed by atoms with E-state index in [0.717, 1.165) is 16.5 Å². The van der Waals surface area contributed by atoms with Crippen molar-refractivity contribution in [1.82, 2.24) is 4.98 Å². The van der Waals surface area contributed by atoms with Gasteiger partial charge in [-0.25, -0.2) is 8.78 Å². The van der Waals surface area contributed by atoms with Gasteiger partial charge in [-0.05, 0) is 17.7 Å². The maximum absolute atomic E-state index is 13.0. The molecule has 4 heteroatoms. The van der Waals surface area contributed by atoms with E-state index in [4.69, 9.17) is 5.73 Å². The lowest BCUT2D eigenvalue weighted by Gasteiger charge is -2.45. The lowest BCUT2D eigenvalue weighted by molar-refractivity contribution is -0.124. The number of nitrogens with two attached hydrogens (primary N) is 1. The van der Waals surface area contributed by atoms with E-state index in [1.54, 1.807) is 6.20 Å². The van der Waals surface area contributed by atoms with Crippen LogP contribution >= 0.6 is 0 Å². The van der Waals surface area contributed by atoms with E-state index < -0.39 is 11.5 Å². The van der Waals surface area contributed by atoms with E-state index in [9.17, 15) is 8.78 Å². The molecular formula is C12H12F2N2. The van der Waals surface area contributed by atoms with Gasteiger partial charge >= 0.3 is 0 Å². The molecule has 0 unspecified atom stereocenters. The predicted molar refractivity (Wildman–Crippen MR) is 58.3 cm³/mol. The lowest BCUT2D eigenvalue weighted by Crippen LogP contribution is -2.55. The number of benzene rings is 1. The second-order valence-corrected chi connectivity index (χ2v) is 4.61. The second-order valence-electron chi connectivity index (χ2n) is 4.61. The van der Waals surface area contributed by atoms with Crippen molar-refractivity contribution in [2.45, 2.75) is 24.3 Å². The van der Waals surface area contributed by atoms with Gasteiger partial charge in [0.15, 0.2) is 0 Å². The smallest absolute Gasteiger partial charge is 0.252 e. The molecule has 2 aromatic rings. The first kappa shape index (κ1) is 9.78. The molecule has 0 saturated heterocycles. The van der Waals surface area contributed by atoms with Crippen LogP contribution < -0.4 is 5.73 Å². The first-order valence-corrected chi connectivity index (χ1v) is 5.24. The molecule has 0 atom stereocenters. The van der Waals surface area contributed by atoms with Crippen molar-refractivity contribution >= 4 is 10.9 Å². The van der Waals surface area contributed by atoms with Crippen LogP contribution in [-0.4, -0.2) is 10.9 Å². The van der Waals surface area contributed by atoms with E-state index >= 15 is 0 Å². The maximum atomic E-state index is 13.0. The number of halogens is 2. The molecule has 0 spiro atoms. The summed E-state index contributed by atoms with van der Waals surface area (Å²) in [5, 5.41) is 0.945. The summed E-state index contributed by atoms with van der Waals surface area (Å²) < 4.78 is 25.9. The molecule has 84 valence electrons. The topological polar surface area (TPSA) is 41.8 Å². The van der Waals surface area contributed by atoms with Gasteiger partial charge in [-0.3, -0.25) is 0 Å². The molecule has 0 radical (unpaired) electrons. The van der Waals surface area contributed by atoms with Gasteiger partial charge in [-0.2, -0.15) is 0 Å². The number of nitrogens with one attached hydrogen (secondary N) is 1. The summed E-state index contributed by atoms with van der Waals surface area (Å²) in [7, 11) is 0. The van der Waals surface area contributed by atoms with Gasteiger partial charge < -0.3 is 10.7 Å². The summed E-state index contributed by atoms with van der Waals surface area (Å²) >= 11 is 0. The molecular weight excluding hydrogens is 210 g/mol. The van der Waals surface area contributed by atoms with E-state index in [-0.39, 0.29) is 12.8 Å². The minimum absolute atomic E-state index is 0.260. The lowest BCUT2D eigenvalue weighted by atomic mass is 9.69. The quantitative estimate of drug-likeness (QED) is 0.765. The minimum atomic E-state index is -2.60. The Hall–Kier alpha value is -1.42. The molecule has 0 bridgehead atoms. The van der Waals surface area contributed by atoms with E-state index in [1.165, 1.54) is 0 Å². The summed E-state index contributed by atoms with van der Waals surface area (Å²) in [6, 6.07) is 7.49.